The van der Waals surface area contributed by atoms with Crippen LogP contribution in [0.25, 0.3) is 10.8 Å². The minimum absolute atomic E-state index is 0.0491. The predicted octanol–water partition coefficient (Wildman–Crippen LogP) is 2.08. The van der Waals surface area contributed by atoms with Crippen molar-refractivity contribution in [3.05, 3.63) is 64.6 Å². The van der Waals surface area contributed by atoms with E-state index in [0.717, 1.165) is 4.68 Å². The SMILES string of the molecule is CC(=O)Nc1ccc(NC(=O)[C@@H](C)OC(=O)c2nn(C)c(=O)c3ccccc23)cc1. The van der Waals surface area contributed by atoms with Crippen LogP contribution in [0.2, 0.25) is 0 Å². The van der Waals surface area contributed by atoms with Gasteiger partial charge in [-0.25, -0.2) is 9.48 Å². The number of benzene rings is 2. The van der Waals surface area contributed by atoms with Gasteiger partial charge in [-0.3, -0.25) is 14.4 Å². The van der Waals surface area contributed by atoms with Crippen molar-refractivity contribution in [1.82, 2.24) is 9.78 Å². The normalized spacial score (nSPS) is 11.6. The lowest BCUT2D eigenvalue weighted by Crippen LogP contribution is -2.31. The van der Waals surface area contributed by atoms with Crippen molar-refractivity contribution < 1.29 is 19.1 Å². The number of aryl methyl sites for hydroxylation is 1. The quantitative estimate of drug-likeness (QED) is 0.624. The highest BCUT2D eigenvalue weighted by atomic mass is 16.5. The maximum Gasteiger partial charge on any atom is 0.360 e. The lowest BCUT2D eigenvalue weighted by molar-refractivity contribution is -0.123. The summed E-state index contributed by atoms with van der Waals surface area (Å²) in [4.78, 5) is 48.2. The van der Waals surface area contributed by atoms with Gasteiger partial charge in [0, 0.05) is 30.7 Å². The summed E-state index contributed by atoms with van der Waals surface area (Å²) < 4.78 is 6.32. The number of carbonyl (C=O) groups is 3. The average molecular weight is 408 g/mol. The highest BCUT2D eigenvalue weighted by molar-refractivity contribution is 6.03. The fourth-order valence-corrected chi connectivity index (χ4v) is 2.80. The molecule has 0 aliphatic rings. The van der Waals surface area contributed by atoms with Crippen LogP contribution < -0.4 is 16.2 Å². The van der Waals surface area contributed by atoms with Gasteiger partial charge in [0.05, 0.1) is 5.39 Å². The summed E-state index contributed by atoms with van der Waals surface area (Å²) in [5.41, 5.74) is 0.679. The van der Waals surface area contributed by atoms with Crippen molar-refractivity contribution >= 4 is 39.9 Å². The number of esters is 1. The molecular weight excluding hydrogens is 388 g/mol. The number of hydrogen-bond donors (Lipinski definition) is 2. The molecule has 30 heavy (non-hydrogen) atoms. The molecule has 2 N–H and O–H groups in total. The zero-order valence-corrected chi connectivity index (χ0v) is 16.6. The van der Waals surface area contributed by atoms with Crippen LogP contribution in [0.15, 0.2) is 53.3 Å². The number of amides is 2. The first-order valence-corrected chi connectivity index (χ1v) is 9.12. The molecule has 0 fully saturated rings. The van der Waals surface area contributed by atoms with Crippen molar-refractivity contribution in [1.29, 1.82) is 0 Å². The topological polar surface area (TPSA) is 119 Å². The van der Waals surface area contributed by atoms with E-state index in [2.05, 4.69) is 15.7 Å². The molecule has 0 saturated heterocycles. The Bertz CT molecular complexity index is 1180. The lowest BCUT2D eigenvalue weighted by Gasteiger charge is -2.14. The second-order valence-electron chi connectivity index (χ2n) is 6.62. The Kier molecular flexibility index (Phi) is 5.91. The molecule has 0 unspecified atom stereocenters. The van der Waals surface area contributed by atoms with Gasteiger partial charge in [-0.1, -0.05) is 18.2 Å². The molecule has 0 spiro atoms. The monoisotopic (exact) mass is 408 g/mol. The summed E-state index contributed by atoms with van der Waals surface area (Å²) in [5.74, 6) is -1.55. The van der Waals surface area contributed by atoms with E-state index in [1.165, 1.54) is 20.9 Å². The van der Waals surface area contributed by atoms with Crippen LogP contribution in [-0.4, -0.2) is 33.7 Å². The van der Waals surface area contributed by atoms with Crippen LogP contribution in [0, 0.1) is 0 Å². The number of fused-ring (bicyclic) bond motifs is 1. The number of nitrogens with zero attached hydrogens (tertiary/aromatic N) is 2. The Morgan fingerprint density at radius 1 is 0.967 bits per heavy atom. The maximum absolute atomic E-state index is 12.6. The van der Waals surface area contributed by atoms with Crippen molar-refractivity contribution in [3.63, 3.8) is 0 Å². The lowest BCUT2D eigenvalue weighted by atomic mass is 10.1. The number of carbonyl (C=O) groups excluding carboxylic acids is 3. The van der Waals surface area contributed by atoms with Crippen molar-refractivity contribution in [2.75, 3.05) is 10.6 Å². The van der Waals surface area contributed by atoms with Gasteiger partial charge in [-0.05, 0) is 37.3 Å². The molecule has 0 bridgehead atoms. The van der Waals surface area contributed by atoms with Gasteiger partial charge in [-0.2, -0.15) is 5.10 Å². The molecule has 3 rings (SSSR count). The largest absolute Gasteiger partial charge is 0.448 e. The van der Waals surface area contributed by atoms with E-state index in [1.54, 1.807) is 48.5 Å². The molecular formula is C21H20N4O5. The van der Waals surface area contributed by atoms with Gasteiger partial charge in [-0.15, -0.1) is 0 Å². The fourth-order valence-electron chi connectivity index (χ4n) is 2.80. The molecule has 1 aromatic heterocycles. The predicted molar refractivity (Wildman–Crippen MR) is 111 cm³/mol. The molecule has 0 radical (unpaired) electrons. The number of hydrogen-bond acceptors (Lipinski definition) is 6. The second kappa shape index (κ2) is 8.56. The van der Waals surface area contributed by atoms with E-state index in [-0.39, 0.29) is 17.2 Å². The van der Waals surface area contributed by atoms with E-state index >= 15 is 0 Å². The van der Waals surface area contributed by atoms with Crippen LogP contribution in [0.5, 0.6) is 0 Å². The average Bonchev–Trinajstić information content (AvgIpc) is 2.71. The molecule has 2 amide bonds. The fraction of sp³-hybridized carbons (Fsp3) is 0.190. The first-order valence-electron chi connectivity index (χ1n) is 9.12. The molecule has 9 nitrogen and oxygen atoms in total. The third-order valence-corrected chi connectivity index (χ3v) is 4.28. The smallest absolute Gasteiger partial charge is 0.360 e. The van der Waals surface area contributed by atoms with Gasteiger partial charge < -0.3 is 15.4 Å². The van der Waals surface area contributed by atoms with Gasteiger partial charge >= 0.3 is 5.97 Å². The molecule has 0 aliphatic heterocycles. The number of anilines is 2. The van der Waals surface area contributed by atoms with Crippen LogP contribution in [0.1, 0.15) is 24.3 Å². The van der Waals surface area contributed by atoms with E-state index in [4.69, 9.17) is 4.74 Å². The van der Waals surface area contributed by atoms with Gasteiger partial charge in [0.1, 0.15) is 0 Å². The highest BCUT2D eigenvalue weighted by Crippen LogP contribution is 2.16. The Labute approximate surface area is 171 Å². The molecule has 9 heteroatoms. The summed E-state index contributed by atoms with van der Waals surface area (Å²) in [6.07, 6.45) is -1.11. The van der Waals surface area contributed by atoms with E-state index in [0.29, 0.717) is 22.1 Å². The molecule has 0 aliphatic carbocycles. The Hall–Kier alpha value is -4.01. The van der Waals surface area contributed by atoms with Crippen molar-refractivity contribution in [2.45, 2.75) is 20.0 Å². The molecule has 2 aromatic carbocycles. The Morgan fingerprint density at radius 3 is 2.13 bits per heavy atom. The zero-order chi connectivity index (χ0) is 21.8. The summed E-state index contributed by atoms with van der Waals surface area (Å²) in [6, 6.07) is 13.0. The van der Waals surface area contributed by atoms with Crippen LogP contribution in [0.3, 0.4) is 0 Å². The van der Waals surface area contributed by atoms with Gasteiger partial charge in [0.2, 0.25) is 5.91 Å². The molecule has 0 saturated carbocycles. The third-order valence-electron chi connectivity index (χ3n) is 4.28. The van der Waals surface area contributed by atoms with Gasteiger partial charge in [0.25, 0.3) is 11.5 Å². The van der Waals surface area contributed by atoms with E-state index in [9.17, 15) is 19.2 Å². The van der Waals surface area contributed by atoms with Crippen LogP contribution >= 0.6 is 0 Å². The van der Waals surface area contributed by atoms with Crippen molar-refractivity contribution in [3.8, 4) is 0 Å². The minimum atomic E-state index is -1.11. The molecule has 3 aromatic rings. The second-order valence-corrected chi connectivity index (χ2v) is 6.62. The van der Waals surface area contributed by atoms with Gasteiger partial charge in [0.15, 0.2) is 11.8 Å². The Balaban J connectivity index is 1.72. The number of aromatic nitrogens is 2. The standard InChI is InChI=1S/C21H20N4O5/c1-12(19(27)23-15-10-8-14(9-11-15)22-13(2)26)30-21(29)18-16-6-4-5-7-17(16)20(28)25(3)24-18/h4-12H,1-3H3,(H,22,26)(H,23,27)/t12-/m1/s1. The van der Waals surface area contributed by atoms with Crippen LogP contribution in [-0.2, 0) is 21.4 Å². The zero-order valence-electron chi connectivity index (χ0n) is 16.6. The molecule has 1 heterocycles. The summed E-state index contributed by atoms with van der Waals surface area (Å²) in [5, 5.41) is 9.93. The first kappa shape index (κ1) is 20.7. The van der Waals surface area contributed by atoms with Crippen LogP contribution in [0.4, 0.5) is 11.4 Å². The first-order chi connectivity index (χ1) is 14.3. The minimum Gasteiger partial charge on any atom is -0.448 e. The van der Waals surface area contributed by atoms with E-state index < -0.39 is 18.0 Å². The molecule has 1 atom stereocenters. The number of rotatable bonds is 5. The third kappa shape index (κ3) is 4.52. The summed E-state index contributed by atoms with van der Waals surface area (Å²) in [6.45, 7) is 2.83. The maximum atomic E-state index is 12.6. The number of ether oxygens (including phenoxy) is 1. The summed E-state index contributed by atoms with van der Waals surface area (Å²) >= 11 is 0. The van der Waals surface area contributed by atoms with Crippen molar-refractivity contribution in [2.24, 2.45) is 7.05 Å². The number of nitrogens with one attached hydrogen (secondary N) is 2. The summed E-state index contributed by atoms with van der Waals surface area (Å²) in [7, 11) is 1.44. The van der Waals surface area contributed by atoms with E-state index in [1.807, 2.05) is 0 Å². The molecule has 154 valence electrons. The Morgan fingerprint density at radius 2 is 1.53 bits per heavy atom. The highest BCUT2D eigenvalue weighted by Gasteiger charge is 2.23.